The fraction of sp³-hybridized carbons (Fsp3) is 0.125. The molecule has 0 bridgehead atoms. The maximum atomic E-state index is 12.3. The van der Waals surface area contributed by atoms with Crippen LogP contribution in [0.2, 0.25) is 0 Å². The van der Waals surface area contributed by atoms with Gasteiger partial charge in [-0.3, -0.25) is 4.79 Å². The first-order valence-corrected chi connectivity index (χ1v) is 9.65. The molecule has 0 fully saturated rings. The van der Waals surface area contributed by atoms with Crippen molar-refractivity contribution in [1.82, 2.24) is 14.8 Å². The number of ether oxygens (including phenoxy) is 1. The van der Waals surface area contributed by atoms with Gasteiger partial charge >= 0.3 is 6.01 Å². The van der Waals surface area contributed by atoms with Crippen LogP contribution >= 0.6 is 0 Å². The Hall–Kier alpha value is -3.93. The van der Waals surface area contributed by atoms with Gasteiger partial charge in [-0.25, -0.2) is 4.68 Å². The van der Waals surface area contributed by atoms with Crippen LogP contribution in [0, 0.1) is 6.92 Å². The molecule has 0 saturated heterocycles. The summed E-state index contributed by atoms with van der Waals surface area (Å²) in [7, 11) is 1.55. The van der Waals surface area contributed by atoms with E-state index in [2.05, 4.69) is 15.4 Å². The van der Waals surface area contributed by atoms with Crippen molar-refractivity contribution in [3.8, 4) is 23.1 Å². The number of nitrogens with one attached hydrogen (secondary N) is 1. The lowest BCUT2D eigenvalue weighted by atomic mass is 10.1. The summed E-state index contributed by atoms with van der Waals surface area (Å²) in [5.74, 6) is 0.629. The van der Waals surface area contributed by atoms with Gasteiger partial charge in [0.25, 0.3) is 0 Å². The molecule has 0 unspecified atom stereocenters. The number of nitrogens with zero attached hydrogens (tertiary/aromatic N) is 3. The van der Waals surface area contributed by atoms with E-state index in [0.29, 0.717) is 18.3 Å². The van der Waals surface area contributed by atoms with Gasteiger partial charge in [-0.15, -0.1) is 5.10 Å². The van der Waals surface area contributed by atoms with Gasteiger partial charge in [0.2, 0.25) is 5.91 Å². The molecule has 30 heavy (non-hydrogen) atoms. The number of aromatic nitrogens is 3. The van der Waals surface area contributed by atoms with Crippen molar-refractivity contribution < 1.29 is 9.53 Å². The molecule has 1 aromatic heterocycles. The van der Waals surface area contributed by atoms with E-state index in [9.17, 15) is 4.79 Å². The molecule has 0 aliphatic carbocycles. The Balaban J connectivity index is 1.54. The normalized spacial score (nSPS) is 10.6. The van der Waals surface area contributed by atoms with Crippen molar-refractivity contribution in [2.45, 2.75) is 13.3 Å². The summed E-state index contributed by atoms with van der Waals surface area (Å²) >= 11 is 0. The maximum absolute atomic E-state index is 12.3. The summed E-state index contributed by atoms with van der Waals surface area (Å²) in [5.41, 5.74) is 4.64. The van der Waals surface area contributed by atoms with E-state index in [-0.39, 0.29) is 5.91 Å². The third-order valence-electron chi connectivity index (χ3n) is 4.68. The highest BCUT2D eigenvalue weighted by Gasteiger charge is 2.14. The van der Waals surface area contributed by atoms with Crippen LogP contribution < -0.4 is 10.1 Å². The smallest absolute Gasteiger partial charge is 0.336 e. The SMILES string of the molecule is COc1nc(-c2ccc(C)cc2)n(-c2ccc(NC(=O)Cc3ccccc3)cc2)n1. The molecule has 0 atom stereocenters. The Labute approximate surface area is 175 Å². The zero-order valence-electron chi connectivity index (χ0n) is 16.9. The minimum absolute atomic E-state index is 0.0586. The van der Waals surface area contributed by atoms with E-state index >= 15 is 0 Å². The third-order valence-corrected chi connectivity index (χ3v) is 4.68. The fourth-order valence-electron chi connectivity index (χ4n) is 3.12. The summed E-state index contributed by atoms with van der Waals surface area (Å²) < 4.78 is 6.97. The second-order valence-corrected chi connectivity index (χ2v) is 6.96. The number of aryl methyl sites for hydroxylation is 1. The summed E-state index contributed by atoms with van der Waals surface area (Å²) in [5, 5.41) is 7.37. The first kappa shape index (κ1) is 19.4. The Morgan fingerprint density at radius 2 is 1.67 bits per heavy atom. The predicted molar refractivity (Wildman–Crippen MR) is 117 cm³/mol. The molecule has 0 spiro atoms. The Morgan fingerprint density at radius 1 is 0.967 bits per heavy atom. The van der Waals surface area contributed by atoms with Crippen LogP contribution in [0.4, 0.5) is 5.69 Å². The highest BCUT2D eigenvalue weighted by Crippen LogP contribution is 2.24. The van der Waals surface area contributed by atoms with Crippen LogP contribution in [0.3, 0.4) is 0 Å². The number of carbonyl (C=O) groups excluding carboxylic acids is 1. The van der Waals surface area contributed by atoms with Crippen molar-refractivity contribution in [2.24, 2.45) is 0 Å². The standard InChI is InChI=1S/C24H22N4O2/c1-17-8-10-19(11-9-17)23-26-24(30-2)27-28(23)21-14-12-20(13-15-21)25-22(29)16-18-6-4-3-5-7-18/h3-15H,16H2,1-2H3,(H,25,29). The number of hydrogen-bond acceptors (Lipinski definition) is 4. The highest BCUT2D eigenvalue weighted by atomic mass is 16.5. The minimum atomic E-state index is -0.0586. The quantitative estimate of drug-likeness (QED) is 0.522. The van der Waals surface area contributed by atoms with Gasteiger partial charge in [-0.05, 0) is 36.8 Å². The van der Waals surface area contributed by atoms with E-state index in [1.165, 1.54) is 5.56 Å². The van der Waals surface area contributed by atoms with Gasteiger partial charge in [-0.2, -0.15) is 4.98 Å². The molecule has 1 amide bonds. The zero-order chi connectivity index (χ0) is 20.9. The number of hydrogen-bond donors (Lipinski definition) is 1. The highest BCUT2D eigenvalue weighted by molar-refractivity contribution is 5.92. The van der Waals surface area contributed by atoms with Crippen LogP contribution in [0.1, 0.15) is 11.1 Å². The van der Waals surface area contributed by atoms with E-state index in [1.807, 2.05) is 85.8 Å². The molecular weight excluding hydrogens is 376 g/mol. The van der Waals surface area contributed by atoms with Crippen LogP contribution in [0.15, 0.2) is 78.9 Å². The van der Waals surface area contributed by atoms with Crippen LogP contribution in [0.5, 0.6) is 6.01 Å². The molecule has 0 radical (unpaired) electrons. The van der Waals surface area contributed by atoms with E-state index in [0.717, 1.165) is 22.5 Å². The summed E-state index contributed by atoms with van der Waals surface area (Å²) in [6.07, 6.45) is 0.334. The lowest BCUT2D eigenvalue weighted by Gasteiger charge is -2.09. The molecule has 4 aromatic rings. The van der Waals surface area contributed by atoms with Crippen LogP contribution in [-0.4, -0.2) is 27.8 Å². The molecule has 1 heterocycles. The predicted octanol–water partition coefficient (Wildman–Crippen LogP) is 4.43. The lowest BCUT2D eigenvalue weighted by Crippen LogP contribution is -2.14. The number of amides is 1. The number of anilines is 1. The van der Waals surface area contributed by atoms with Gasteiger partial charge in [0.15, 0.2) is 5.82 Å². The first-order valence-electron chi connectivity index (χ1n) is 9.65. The van der Waals surface area contributed by atoms with Gasteiger partial charge in [0, 0.05) is 11.3 Å². The first-order chi connectivity index (χ1) is 14.6. The third kappa shape index (κ3) is 4.38. The molecule has 4 rings (SSSR count). The van der Waals surface area contributed by atoms with E-state index < -0.39 is 0 Å². The van der Waals surface area contributed by atoms with Crippen molar-refractivity contribution in [2.75, 3.05) is 12.4 Å². The summed E-state index contributed by atoms with van der Waals surface area (Å²) in [6, 6.07) is 25.5. The number of benzene rings is 3. The topological polar surface area (TPSA) is 69.0 Å². The number of carbonyl (C=O) groups is 1. The molecule has 0 saturated carbocycles. The largest absolute Gasteiger partial charge is 0.466 e. The number of rotatable bonds is 6. The fourth-order valence-corrected chi connectivity index (χ4v) is 3.12. The van der Waals surface area contributed by atoms with Gasteiger partial charge in [-0.1, -0.05) is 60.2 Å². The molecule has 6 heteroatoms. The van der Waals surface area contributed by atoms with Gasteiger partial charge < -0.3 is 10.1 Å². The molecular formula is C24H22N4O2. The van der Waals surface area contributed by atoms with Gasteiger partial charge in [0.05, 0.1) is 19.2 Å². The molecule has 6 nitrogen and oxygen atoms in total. The van der Waals surface area contributed by atoms with Crippen molar-refractivity contribution >= 4 is 11.6 Å². The second kappa shape index (κ2) is 8.61. The molecule has 1 N–H and O–H groups in total. The van der Waals surface area contributed by atoms with Crippen LogP contribution in [0.25, 0.3) is 17.1 Å². The van der Waals surface area contributed by atoms with Crippen molar-refractivity contribution in [3.63, 3.8) is 0 Å². The molecule has 3 aromatic carbocycles. The Kier molecular flexibility index (Phi) is 5.57. The average molecular weight is 398 g/mol. The van der Waals surface area contributed by atoms with Crippen molar-refractivity contribution in [1.29, 1.82) is 0 Å². The average Bonchev–Trinajstić information content (AvgIpc) is 3.20. The summed E-state index contributed by atoms with van der Waals surface area (Å²) in [4.78, 5) is 16.8. The lowest BCUT2D eigenvalue weighted by molar-refractivity contribution is -0.115. The minimum Gasteiger partial charge on any atom is -0.466 e. The van der Waals surface area contributed by atoms with Crippen molar-refractivity contribution in [3.05, 3.63) is 90.0 Å². The van der Waals surface area contributed by atoms with Crippen LogP contribution in [-0.2, 0) is 11.2 Å². The monoisotopic (exact) mass is 398 g/mol. The molecule has 150 valence electrons. The maximum Gasteiger partial charge on any atom is 0.336 e. The summed E-state index contributed by atoms with van der Waals surface area (Å²) in [6.45, 7) is 2.04. The Bertz CT molecular complexity index is 1130. The Morgan fingerprint density at radius 3 is 2.33 bits per heavy atom. The van der Waals surface area contributed by atoms with E-state index in [4.69, 9.17) is 4.74 Å². The van der Waals surface area contributed by atoms with Gasteiger partial charge in [0.1, 0.15) is 0 Å². The molecule has 0 aliphatic rings. The molecule has 0 aliphatic heterocycles. The zero-order valence-corrected chi connectivity index (χ0v) is 16.9. The van der Waals surface area contributed by atoms with E-state index in [1.54, 1.807) is 11.8 Å². The number of methoxy groups -OCH3 is 1. The second-order valence-electron chi connectivity index (χ2n) is 6.96.